The fourth-order valence-corrected chi connectivity index (χ4v) is 4.68. The number of furan rings is 1. The number of nitrogens with zero attached hydrogens (tertiary/aromatic N) is 3. The van der Waals surface area contributed by atoms with Crippen molar-refractivity contribution in [1.29, 1.82) is 0 Å². The van der Waals surface area contributed by atoms with Crippen molar-refractivity contribution in [2.24, 2.45) is 0 Å². The van der Waals surface area contributed by atoms with Crippen LogP contribution in [0.3, 0.4) is 0 Å². The number of amides is 1. The highest BCUT2D eigenvalue weighted by atomic mass is 32.2. The van der Waals surface area contributed by atoms with E-state index < -0.39 is 0 Å². The molecule has 5 nitrogen and oxygen atoms in total. The number of anilines is 1. The van der Waals surface area contributed by atoms with Crippen molar-refractivity contribution < 1.29 is 9.21 Å². The molecule has 0 atom stereocenters. The van der Waals surface area contributed by atoms with Crippen LogP contribution in [-0.2, 0) is 4.79 Å². The van der Waals surface area contributed by atoms with Gasteiger partial charge in [0, 0.05) is 37.9 Å². The fraction of sp³-hybridized carbons (Fsp3) is 0.333. The van der Waals surface area contributed by atoms with Crippen molar-refractivity contribution in [3.05, 3.63) is 58.4 Å². The molecule has 0 aliphatic carbocycles. The predicted molar refractivity (Wildman–Crippen MR) is 118 cm³/mol. The summed E-state index contributed by atoms with van der Waals surface area (Å²) in [6.45, 7) is 8.24. The van der Waals surface area contributed by atoms with E-state index in [2.05, 4.69) is 41.0 Å². The Bertz CT molecular complexity index is 929. The molecule has 4 rings (SSSR count). The summed E-state index contributed by atoms with van der Waals surface area (Å²) in [5.41, 5.74) is 2.54. The van der Waals surface area contributed by atoms with Gasteiger partial charge in [0.25, 0.3) is 5.91 Å². The minimum Gasteiger partial charge on any atom is -0.462 e. The first kappa shape index (κ1) is 19.2. The van der Waals surface area contributed by atoms with E-state index in [9.17, 15) is 4.79 Å². The van der Waals surface area contributed by atoms with Crippen LogP contribution in [0.1, 0.15) is 17.1 Å². The van der Waals surface area contributed by atoms with Gasteiger partial charge in [-0.05, 0) is 43.7 Å². The number of carbonyl (C=O) groups excluding carboxylic acids is 1. The highest BCUT2D eigenvalue weighted by Gasteiger charge is 2.34. The Labute approximate surface area is 175 Å². The van der Waals surface area contributed by atoms with Gasteiger partial charge in [0.05, 0.1) is 11.6 Å². The second kappa shape index (κ2) is 8.11. The third kappa shape index (κ3) is 4.16. The average molecular weight is 414 g/mol. The number of piperazine rings is 1. The SMILES string of the molecule is Cc1cccc(N2CCN(CN3C(=O)C(=Cc4ccc(C)o4)SC3=S)CC2)c1. The first-order valence-electron chi connectivity index (χ1n) is 9.35. The topological polar surface area (TPSA) is 39.9 Å². The van der Waals surface area contributed by atoms with Crippen LogP contribution >= 0.6 is 24.0 Å². The van der Waals surface area contributed by atoms with Crippen LogP contribution in [0, 0.1) is 13.8 Å². The molecular weight excluding hydrogens is 390 g/mol. The average Bonchev–Trinajstić information content (AvgIpc) is 3.20. The molecular formula is C21H23N3O2S2. The molecule has 1 aromatic heterocycles. The molecule has 0 bridgehead atoms. The predicted octanol–water partition coefficient (Wildman–Crippen LogP) is 3.88. The number of benzene rings is 1. The third-order valence-electron chi connectivity index (χ3n) is 4.99. The van der Waals surface area contributed by atoms with Crippen LogP contribution in [0.25, 0.3) is 6.08 Å². The zero-order valence-electron chi connectivity index (χ0n) is 16.1. The molecule has 2 aliphatic rings. The van der Waals surface area contributed by atoms with E-state index in [-0.39, 0.29) is 5.91 Å². The fourth-order valence-electron chi connectivity index (χ4n) is 3.45. The van der Waals surface area contributed by atoms with E-state index in [4.69, 9.17) is 16.6 Å². The van der Waals surface area contributed by atoms with Gasteiger partial charge in [-0.3, -0.25) is 14.6 Å². The number of rotatable bonds is 4. The zero-order chi connectivity index (χ0) is 19.7. The Kier molecular flexibility index (Phi) is 5.57. The quantitative estimate of drug-likeness (QED) is 0.560. The molecule has 0 unspecified atom stereocenters. The molecule has 2 saturated heterocycles. The Balaban J connectivity index is 1.36. The molecule has 3 heterocycles. The van der Waals surface area contributed by atoms with Gasteiger partial charge in [0.1, 0.15) is 15.8 Å². The molecule has 146 valence electrons. The minimum atomic E-state index is -0.0369. The highest BCUT2D eigenvalue weighted by molar-refractivity contribution is 8.26. The van der Waals surface area contributed by atoms with Gasteiger partial charge < -0.3 is 9.32 Å². The van der Waals surface area contributed by atoms with E-state index in [1.165, 1.54) is 23.0 Å². The smallest absolute Gasteiger partial charge is 0.267 e. The van der Waals surface area contributed by atoms with Gasteiger partial charge in [-0.1, -0.05) is 36.1 Å². The van der Waals surface area contributed by atoms with Crippen molar-refractivity contribution in [1.82, 2.24) is 9.80 Å². The highest BCUT2D eigenvalue weighted by Crippen LogP contribution is 2.33. The maximum atomic E-state index is 12.8. The Morgan fingerprint density at radius 2 is 1.93 bits per heavy atom. The summed E-state index contributed by atoms with van der Waals surface area (Å²) in [6.07, 6.45) is 1.78. The van der Waals surface area contributed by atoms with Crippen LogP contribution < -0.4 is 4.90 Å². The summed E-state index contributed by atoms with van der Waals surface area (Å²) in [5, 5.41) is 0. The van der Waals surface area contributed by atoms with Crippen LogP contribution in [0.15, 0.2) is 45.7 Å². The van der Waals surface area contributed by atoms with E-state index in [1.54, 1.807) is 11.0 Å². The molecule has 1 amide bonds. The molecule has 2 aromatic rings. The number of thiocarbonyl (C=S) groups is 1. The molecule has 7 heteroatoms. The lowest BCUT2D eigenvalue weighted by molar-refractivity contribution is -0.123. The lowest BCUT2D eigenvalue weighted by Gasteiger charge is -2.37. The molecule has 1 aromatic carbocycles. The van der Waals surface area contributed by atoms with Gasteiger partial charge in [0.2, 0.25) is 0 Å². The first-order chi connectivity index (χ1) is 13.5. The normalized spacial score (nSPS) is 19.9. The number of carbonyl (C=O) groups is 1. The second-order valence-corrected chi connectivity index (χ2v) is 8.82. The lowest BCUT2D eigenvalue weighted by atomic mass is 10.2. The monoisotopic (exact) mass is 413 g/mol. The van der Waals surface area contributed by atoms with Crippen molar-refractivity contribution in [2.45, 2.75) is 13.8 Å². The molecule has 0 N–H and O–H groups in total. The van der Waals surface area contributed by atoms with Crippen LogP contribution in [-0.4, -0.2) is 52.9 Å². The molecule has 2 aliphatic heterocycles. The molecule has 28 heavy (non-hydrogen) atoms. The molecule has 0 spiro atoms. The van der Waals surface area contributed by atoms with E-state index in [0.717, 1.165) is 31.9 Å². The number of hydrogen-bond acceptors (Lipinski definition) is 6. The lowest BCUT2D eigenvalue weighted by Crippen LogP contribution is -2.50. The van der Waals surface area contributed by atoms with E-state index in [1.807, 2.05) is 19.1 Å². The summed E-state index contributed by atoms with van der Waals surface area (Å²) in [6, 6.07) is 12.4. The van der Waals surface area contributed by atoms with Crippen molar-refractivity contribution in [3.63, 3.8) is 0 Å². The van der Waals surface area contributed by atoms with Crippen molar-refractivity contribution in [3.8, 4) is 0 Å². The van der Waals surface area contributed by atoms with Gasteiger partial charge >= 0.3 is 0 Å². The van der Waals surface area contributed by atoms with Crippen LogP contribution in [0.2, 0.25) is 0 Å². The number of thioether (sulfide) groups is 1. The number of aryl methyl sites for hydroxylation is 2. The van der Waals surface area contributed by atoms with Crippen LogP contribution in [0.5, 0.6) is 0 Å². The standard InChI is InChI=1S/C21H23N3O2S2/c1-15-4-3-5-17(12-15)23-10-8-22(9-11-23)14-24-20(25)19(28-21(24)27)13-18-7-6-16(2)26-18/h3-7,12-13H,8-11,14H2,1-2H3. The summed E-state index contributed by atoms with van der Waals surface area (Å²) >= 11 is 6.80. The Hall–Kier alpha value is -2.09. The van der Waals surface area contributed by atoms with Crippen molar-refractivity contribution in [2.75, 3.05) is 37.7 Å². The Morgan fingerprint density at radius 3 is 2.61 bits per heavy atom. The molecule has 2 fully saturated rings. The summed E-state index contributed by atoms with van der Waals surface area (Å²) in [4.78, 5) is 19.8. The largest absolute Gasteiger partial charge is 0.462 e. The zero-order valence-corrected chi connectivity index (χ0v) is 17.7. The third-order valence-corrected chi connectivity index (χ3v) is 6.37. The van der Waals surface area contributed by atoms with Crippen molar-refractivity contribution >= 4 is 46.0 Å². The minimum absolute atomic E-state index is 0.0369. The van der Waals surface area contributed by atoms with E-state index >= 15 is 0 Å². The summed E-state index contributed by atoms with van der Waals surface area (Å²) in [7, 11) is 0. The van der Waals surface area contributed by atoms with Gasteiger partial charge in [-0.15, -0.1) is 0 Å². The van der Waals surface area contributed by atoms with Crippen LogP contribution in [0.4, 0.5) is 5.69 Å². The maximum absolute atomic E-state index is 12.8. The van der Waals surface area contributed by atoms with E-state index in [0.29, 0.717) is 21.7 Å². The molecule has 0 radical (unpaired) electrons. The second-order valence-electron chi connectivity index (χ2n) is 7.14. The number of hydrogen-bond donors (Lipinski definition) is 0. The summed E-state index contributed by atoms with van der Waals surface area (Å²) in [5.74, 6) is 1.48. The molecule has 0 saturated carbocycles. The first-order valence-corrected chi connectivity index (χ1v) is 10.6. The van der Waals surface area contributed by atoms with Gasteiger partial charge in [0.15, 0.2) is 0 Å². The van der Waals surface area contributed by atoms with Gasteiger partial charge in [-0.2, -0.15) is 0 Å². The van der Waals surface area contributed by atoms with Gasteiger partial charge in [-0.25, -0.2) is 0 Å². The summed E-state index contributed by atoms with van der Waals surface area (Å²) < 4.78 is 6.17. The Morgan fingerprint density at radius 1 is 1.14 bits per heavy atom. The maximum Gasteiger partial charge on any atom is 0.267 e.